The van der Waals surface area contributed by atoms with Crippen LogP contribution in [-0.2, 0) is 9.53 Å². The highest BCUT2D eigenvalue weighted by molar-refractivity contribution is 5.82. The van der Waals surface area contributed by atoms with Gasteiger partial charge in [-0.1, -0.05) is 19.3 Å². The van der Waals surface area contributed by atoms with Gasteiger partial charge in [0.2, 0.25) is 5.91 Å². The van der Waals surface area contributed by atoms with E-state index in [1.54, 1.807) is 0 Å². The van der Waals surface area contributed by atoms with Gasteiger partial charge in [-0.25, -0.2) is 0 Å². The third kappa shape index (κ3) is 3.62. The minimum absolute atomic E-state index is 0.0368. The summed E-state index contributed by atoms with van der Waals surface area (Å²) in [5.41, 5.74) is 0.106. The highest BCUT2D eigenvalue weighted by Gasteiger charge is 2.39. The van der Waals surface area contributed by atoms with Crippen LogP contribution in [-0.4, -0.2) is 73.0 Å². The monoisotopic (exact) mass is 311 g/mol. The Morgan fingerprint density at radius 1 is 1.27 bits per heavy atom. The van der Waals surface area contributed by atoms with E-state index in [1.165, 1.54) is 19.3 Å². The van der Waals surface area contributed by atoms with E-state index in [9.17, 15) is 9.90 Å². The summed E-state index contributed by atoms with van der Waals surface area (Å²) in [5.74, 6) is 0.0368. The summed E-state index contributed by atoms with van der Waals surface area (Å²) in [5, 5.41) is 15.8. The summed E-state index contributed by atoms with van der Waals surface area (Å²) in [6.45, 7) is 4.78. The second kappa shape index (κ2) is 7.25. The molecular formula is C16H29N3O3. The molecule has 2 atom stereocenters. The van der Waals surface area contributed by atoms with Crippen molar-refractivity contribution in [2.45, 2.75) is 56.2 Å². The fourth-order valence-electron chi connectivity index (χ4n) is 4.14. The first kappa shape index (κ1) is 16.2. The molecule has 126 valence electrons. The van der Waals surface area contributed by atoms with Crippen molar-refractivity contribution >= 4 is 5.91 Å². The topological polar surface area (TPSA) is 73.8 Å². The van der Waals surface area contributed by atoms with Crippen LogP contribution in [0.4, 0.5) is 0 Å². The van der Waals surface area contributed by atoms with Gasteiger partial charge >= 0.3 is 0 Å². The predicted octanol–water partition coefficient (Wildman–Crippen LogP) is -0.139. The normalized spacial score (nSPS) is 32.8. The highest BCUT2D eigenvalue weighted by atomic mass is 16.5. The van der Waals surface area contributed by atoms with E-state index in [0.29, 0.717) is 13.0 Å². The molecule has 22 heavy (non-hydrogen) atoms. The number of aliphatic hydroxyl groups excluding tert-OH is 1. The van der Waals surface area contributed by atoms with Crippen LogP contribution in [0.5, 0.6) is 0 Å². The average Bonchev–Trinajstić information content (AvgIpc) is 3.01. The first-order valence-electron chi connectivity index (χ1n) is 8.72. The summed E-state index contributed by atoms with van der Waals surface area (Å²) in [6.07, 6.45) is 6.24. The van der Waals surface area contributed by atoms with Gasteiger partial charge in [0.25, 0.3) is 0 Å². The van der Waals surface area contributed by atoms with E-state index < -0.39 is 6.10 Å². The molecule has 6 nitrogen and oxygen atoms in total. The number of nitrogens with zero attached hydrogens (tertiary/aromatic N) is 1. The van der Waals surface area contributed by atoms with E-state index in [2.05, 4.69) is 15.5 Å². The minimum Gasteiger partial charge on any atom is -0.392 e. The zero-order chi connectivity index (χ0) is 15.4. The van der Waals surface area contributed by atoms with Gasteiger partial charge < -0.3 is 20.5 Å². The van der Waals surface area contributed by atoms with Crippen LogP contribution in [0.2, 0.25) is 0 Å². The fourth-order valence-corrected chi connectivity index (χ4v) is 4.14. The SMILES string of the molecule is O=C(NCC1(N2CCOCC2)CCCCC1)[C@@H]1C[C@H](O)CN1. The van der Waals surface area contributed by atoms with E-state index >= 15 is 0 Å². The third-order valence-corrected chi connectivity index (χ3v) is 5.48. The number of carbonyl (C=O) groups excluding carboxylic acids is 1. The fraction of sp³-hybridized carbons (Fsp3) is 0.938. The zero-order valence-electron chi connectivity index (χ0n) is 13.4. The van der Waals surface area contributed by atoms with Crippen molar-refractivity contribution in [3.05, 3.63) is 0 Å². The highest BCUT2D eigenvalue weighted by Crippen LogP contribution is 2.33. The second-order valence-electron chi connectivity index (χ2n) is 6.95. The lowest BCUT2D eigenvalue weighted by atomic mass is 9.79. The Kier molecular flexibility index (Phi) is 5.33. The number of morpholine rings is 1. The zero-order valence-corrected chi connectivity index (χ0v) is 13.4. The molecule has 0 aromatic rings. The second-order valence-corrected chi connectivity index (χ2v) is 6.95. The van der Waals surface area contributed by atoms with Crippen molar-refractivity contribution in [1.82, 2.24) is 15.5 Å². The van der Waals surface area contributed by atoms with Crippen molar-refractivity contribution in [3.8, 4) is 0 Å². The van der Waals surface area contributed by atoms with Crippen LogP contribution >= 0.6 is 0 Å². The number of hydrogen-bond donors (Lipinski definition) is 3. The number of hydrogen-bond acceptors (Lipinski definition) is 5. The molecule has 3 N–H and O–H groups in total. The van der Waals surface area contributed by atoms with Crippen LogP contribution in [0.3, 0.4) is 0 Å². The number of amides is 1. The van der Waals surface area contributed by atoms with E-state index in [-0.39, 0.29) is 17.5 Å². The molecular weight excluding hydrogens is 282 g/mol. The van der Waals surface area contributed by atoms with Crippen LogP contribution < -0.4 is 10.6 Å². The maximum atomic E-state index is 12.3. The van der Waals surface area contributed by atoms with Crippen LogP contribution in [0, 0.1) is 0 Å². The third-order valence-electron chi connectivity index (χ3n) is 5.48. The minimum atomic E-state index is -0.390. The molecule has 0 aromatic carbocycles. The largest absolute Gasteiger partial charge is 0.392 e. The van der Waals surface area contributed by atoms with Crippen molar-refractivity contribution in [2.75, 3.05) is 39.4 Å². The lowest BCUT2D eigenvalue weighted by Crippen LogP contribution is -2.60. The molecule has 3 aliphatic rings. The Bertz CT molecular complexity index is 379. The number of aliphatic hydroxyl groups is 1. The number of rotatable bonds is 4. The number of carbonyl (C=O) groups is 1. The Labute approximate surface area is 132 Å². The smallest absolute Gasteiger partial charge is 0.237 e. The van der Waals surface area contributed by atoms with E-state index in [4.69, 9.17) is 4.74 Å². The quantitative estimate of drug-likeness (QED) is 0.674. The molecule has 2 heterocycles. The van der Waals surface area contributed by atoms with Crippen LogP contribution in [0.1, 0.15) is 38.5 Å². The number of nitrogens with one attached hydrogen (secondary N) is 2. The molecule has 2 saturated heterocycles. The molecule has 0 radical (unpaired) electrons. The summed E-state index contributed by atoms with van der Waals surface area (Å²) < 4.78 is 5.49. The molecule has 1 amide bonds. The van der Waals surface area contributed by atoms with Crippen molar-refractivity contribution in [3.63, 3.8) is 0 Å². The summed E-state index contributed by atoms with van der Waals surface area (Å²) in [6, 6.07) is -0.236. The maximum Gasteiger partial charge on any atom is 0.237 e. The Hall–Kier alpha value is -0.690. The molecule has 1 saturated carbocycles. The van der Waals surface area contributed by atoms with Crippen LogP contribution in [0.25, 0.3) is 0 Å². The van der Waals surface area contributed by atoms with Gasteiger partial charge in [-0.2, -0.15) is 0 Å². The van der Waals surface area contributed by atoms with Crippen molar-refractivity contribution in [1.29, 1.82) is 0 Å². The van der Waals surface area contributed by atoms with E-state index in [1.807, 2.05) is 0 Å². The average molecular weight is 311 g/mol. The lowest BCUT2D eigenvalue weighted by Gasteiger charge is -2.48. The van der Waals surface area contributed by atoms with Gasteiger partial charge in [-0.15, -0.1) is 0 Å². The predicted molar refractivity (Wildman–Crippen MR) is 83.6 cm³/mol. The molecule has 0 spiro atoms. The Morgan fingerprint density at radius 3 is 2.64 bits per heavy atom. The Balaban J connectivity index is 1.59. The molecule has 1 aliphatic carbocycles. The molecule has 0 aromatic heterocycles. The lowest BCUT2D eigenvalue weighted by molar-refractivity contribution is -0.124. The molecule has 3 rings (SSSR count). The summed E-state index contributed by atoms with van der Waals surface area (Å²) >= 11 is 0. The van der Waals surface area contributed by atoms with Gasteiger partial charge in [-0.3, -0.25) is 9.69 Å². The maximum absolute atomic E-state index is 12.3. The summed E-state index contributed by atoms with van der Waals surface area (Å²) in [7, 11) is 0. The van der Waals surface area contributed by atoms with Gasteiger partial charge in [0.05, 0.1) is 25.4 Å². The van der Waals surface area contributed by atoms with Crippen molar-refractivity contribution in [2.24, 2.45) is 0 Å². The standard InChI is InChI=1S/C16H29N3O3/c20-13-10-14(17-11-13)15(21)18-12-16(4-2-1-3-5-16)19-6-8-22-9-7-19/h13-14,17,20H,1-12H2,(H,18,21)/t13-,14-/m0/s1. The molecule has 3 fully saturated rings. The molecule has 2 aliphatic heterocycles. The number of β-amino-alcohol motifs (C(OH)–C–C–N with tert-alkyl or cyclic N) is 1. The van der Waals surface area contributed by atoms with Gasteiger partial charge in [0, 0.05) is 31.7 Å². The Morgan fingerprint density at radius 2 is 2.00 bits per heavy atom. The van der Waals surface area contributed by atoms with Gasteiger partial charge in [-0.05, 0) is 19.3 Å². The molecule has 0 unspecified atom stereocenters. The van der Waals surface area contributed by atoms with E-state index in [0.717, 1.165) is 45.7 Å². The van der Waals surface area contributed by atoms with Crippen molar-refractivity contribution < 1.29 is 14.6 Å². The van der Waals surface area contributed by atoms with Gasteiger partial charge in [0.15, 0.2) is 0 Å². The first-order valence-corrected chi connectivity index (χ1v) is 8.72. The first-order chi connectivity index (χ1) is 10.7. The number of ether oxygens (including phenoxy) is 1. The van der Waals surface area contributed by atoms with Crippen LogP contribution in [0.15, 0.2) is 0 Å². The molecule has 6 heteroatoms. The summed E-state index contributed by atoms with van der Waals surface area (Å²) in [4.78, 5) is 14.9. The molecule has 0 bridgehead atoms. The van der Waals surface area contributed by atoms with Gasteiger partial charge in [0.1, 0.15) is 0 Å².